The van der Waals surface area contributed by atoms with Crippen molar-refractivity contribution in [1.29, 1.82) is 0 Å². The number of halogens is 1. The summed E-state index contributed by atoms with van der Waals surface area (Å²) in [6.45, 7) is 11.1. The van der Waals surface area contributed by atoms with Gasteiger partial charge in [0.25, 0.3) is 11.8 Å². The zero-order valence-electron chi connectivity index (χ0n) is 35.2. The first-order valence-electron chi connectivity index (χ1n) is 21.3. The first kappa shape index (κ1) is 40.6. The molecule has 4 aliphatic heterocycles. The highest BCUT2D eigenvalue weighted by Gasteiger charge is 2.31. The van der Waals surface area contributed by atoms with Gasteiger partial charge in [-0.25, -0.2) is 13.9 Å². The third-order valence-corrected chi connectivity index (χ3v) is 12.8. The van der Waals surface area contributed by atoms with Crippen LogP contribution in [0.5, 0.6) is 0 Å². The molecule has 5 amide bonds. The van der Waals surface area contributed by atoms with E-state index in [1.54, 1.807) is 27.4 Å². The van der Waals surface area contributed by atoms with E-state index in [9.17, 15) is 19.2 Å². The Morgan fingerprint density at radius 2 is 1.53 bits per heavy atom. The second kappa shape index (κ2) is 16.6. The van der Waals surface area contributed by atoms with Gasteiger partial charge in [0.2, 0.25) is 5.91 Å². The fraction of sp³-hybridized carbons (Fsp3) is 0.378. The van der Waals surface area contributed by atoms with E-state index in [0.29, 0.717) is 43.5 Å². The van der Waals surface area contributed by atoms with E-state index in [1.807, 2.05) is 25.1 Å². The van der Waals surface area contributed by atoms with Gasteiger partial charge in [0.15, 0.2) is 5.82 Å². The Labute approximate surface area is 358 Å². The Balaban J connectivity index is 0.802. The molecule has 16 nitrogen and oxygen atoms in total. The Morgan fingerprint density at radius 1 is 0.823 bits per heavy atom. The molecule has 3 saturated heterocycles. The number of nitrogens with zero attached hydrogens (tertiary/aromatic N) is 8. The number of piperazine rings is 1. The van der Waals surface area contributed by atoms with E-state index in [4.69, 9.17) is 10.8 Å². The number of anilines is 6. The van der Waals surface area contributed by atoms with Gasteiger partial charge in [-0.2, -0.15) is 10.2 Å². The van der Waals surface area contributed by atoms with E-state index in [-0.39, 0.29) is 39.9 Å². The van der Waals surface area contributed by atoms with Crippen LogP contribution in [0.15, 0.2) is 60.7 Å². The molecule has 5 N–H and O–H groups in total. The summed E-state index contributed by atoms with van der Waals surface area (Å²) in [6, 6.07) is 18.8. The predicted octanol–water partition coefficient (Wildman–Crippen LogP) is 5.18. The lowest BCUT2D eigenvalue weighted by atomic mass is 9.95. The Hall–Kier alpha value is -6.75. The summed E-state index contributed by atoms with van der Waals surface area (Å²) < 4.78 is 19.4. The van der Waals surface area contributed by atoms with Gasteiger partial charge in [-0.15, -0.1) is 0 Å². The molecule has 17 heteroatoms. The van der Waals surface area contributed by atoms with E-state index in [2.05, 4.69) is 60.0 Å². The molecule has 5 aromatic rings. The van der Waals surface area contributed by atoms with Gasteiger partial charge in [0.05, 0.1) is 0 Å². The topological polar surface area (TPSA) is 179 Å². The number of fused-ring (bicyclic) bond motifs is 2. The minimum absolute atomic E-state index is 0.0818. The number of urea groups is 1. The number of primary amides is 1. The standard InChI is InChI=1S/C45H51FN12O4/c1-27-24-37(51-53(27)3)49-44(61)34-9-10-35(40(46)28(34)2)41-39(42(47)60)43-48-36-11-8-33(25-30(36)14-19-58(43)52-41)56-22-20-54(21-23-56)26-29-12-16-55(17-13-29)31-4-6-32(7-5-31)57-18-15-38(59)50-45(57)62/h4-11,24-25,29,48H,12-23,26H2,1-3H3,(H2,47,60)(H,49,51,61)(H,50,59,62). The van der Waals surface area contributed by atoms with Gasteiger partial charge in [-0.1, -0.05) is 0 Å². The quantitative estimate of drug-likeness (QED) is 0.155. The van der Waals surface area contributed by atoms with Crippen LogP contribution >= 0.6 is 0 Å². The number of nitrogens with one attached hydrogen (secondary N) is 3. The minimum Gasteiger partial charge on any atom is -0.372 e. The fourth-order valence-corrected chi connectivity index (χ4v) is 9.13. The summed E-state index contributed by atoms with van der Waals surface area (Å²) in [6.07, 6.45) is 3.19. The van der Waals surface area contributed by atoms with Crippen molar-refractivity contribution in [3.05, 3.63) is 94.4 Å². The monoisotopic (exact) mass is 842 g/mol. The molecule has 0 bridgehead atoms. The zero-order valence-corrected chi connectivity index (χ0v) is 35.2. The number of amides is 5. The number of carbonyl (C=O) groups excluding carboxylic acids is 4. The van der Waals surface area contributed by atoms with Gasteiger partial charge >= 0.3 is 6.03 Å². The summed E-state index contributed by atoms with van der Waals surface area (Å²) in [5, 5.41) is 17.5. The lowest BCUT2D eigenvalue weighted by molar-refractivity contribution is -0.120. The molecule has 3 fully saturated rings. The molecule has 4 aliphatic rings. The van der Waals surface area contributed by atoms with Crippen LogP contribution < -0.4 is 36.4 Å². The summed E-state index contributed by atoms with van der Waals surface area (Å²) in [4.78, 5) is 58.9. The van der Waals surface area contributed by atoms with Crippen molar-refractivity contribution in [3.8, 4) is 11.3 Å². The predicted molar refractivity (Wildman–Crippen MR) is 236 cm³/mol. The maximum Gasteiger partial charge on any atom is 0.328 e. The second-order valence-corrected chi connectivity index (χ2v) is 16.7. The van der Waals surface area contributed by atoms with Crippen LogP contribution in [0.25, 0.3) is 11.3 Å². The molecule has 6 heterocycles. The summed E-state index contributed by atoms with van der Waals surface area (Å²) >= 11 is 0. The zero-order chi connectivity index (χ0) is 43.2. The highest BCUT2D eigenvalue weighted by molar-refractivity contribution is 6.07. The first-order chi connectivity index (χ1) is 29.9. The van der Waals surface area contributed by atoms with Gasteiger partial charge in [0.1, 0.15) is 22.9 Å². The largest absolute Gasteiger partial charge is 0.372 e. The van der Waals surface area contributed by atoms with Crippen molar-refractivity contribution < 1.29 is 23.6 Å². The normalized spacial score (nSPS) is 17.3. The van der Waals surface area contributed by atoms with Crippen molar-refractivity contribution in [2.45, 2.75) is 46.1 Å². The number of imide groups is 1. The van der Waals surface area contributed by atoms with Crippen molar-refractivity contribution in [2.75, 3.05) is 77.7 Å². The smallest absolute Gasteiger partial charge is 0.328 e. The fourth-order valence-electron chi connectivity index (χ4n) is 9.13. The van der Waals surface area contributed by atoms with Gasteiger partial charge in [-0.3, -0.25) is 34.2 Å². The van der Waals surface area contributed by atoms with Crippen LogP contribution in [0.1, 0.15) is 56.8 Å². The van der Waals surface area contributed by atoms with Crippen molar-refractivity contribution >= 4 is 58.1 Å². The molecule has 3 aromatic carbocycles. The highest BCUT2D eigenvalue weighted by Crippen LogP contribution is 2.38. The Bertz CT molecular complexity index is 2550. The molecule has 62 heavy (non-hydrogen) atoms. The SMILES string of the molecule is Cc1c(C(=O)Nc2cc(C)n(C)n2)ccc(-c2nn3c(c2C(N)=O)Nc2ccc(N4CCN(CC5CCN(c6ccc(N7CCC(=O)NC7=O)cc6)CC5)CC4)cc2CC3)c1F. The lowest BCUT2D eigenvalue weighted by Crippen LogP contribution is -2.49. The minimum atomic E-state index is -0.738. The molecule has 0 radical (unpaired) electrons. The second-order valence-electron chi connectivity index (χ2n) is 16.7. The molecule has 0 spiro atoms. The lowest BCUT2D eigenvalue weighted by Gasteiger charge is -2.40. The summed E-state index contributed by atoms with van der Waals surface area (Å²) in [5.41, 5.74) is 12.4. The number of piperidine rings is 1. The first-order valence-corrected chi connectivity index (χ1v) is 21.3. The average Bonchev–Trinajstić information content (AvgIpc) is 3.72. The molecular weight excluding hydrogens is 792 g/mol. The number of nitrogens with two attached hydrogens (primary N) is 1. The third kappa shape index (κ3) is 7.95. The summed E-state index contributed by atoms with van der Waals surface area (Å²) in [5.74, 6) is -0.720. The van der Waals surface area contributed by atoms with Crippen molar-refractivity contribution in [1.82, 2.24) is 29.8 Å². The number of aromatic nitrogens is 4. The van der Waals surface area contributed by atoms with Crippen LogP contribution in [-0.4, -0.2) is 101 Å². The van der Waals surface area contributed by atoms with Crippen LogP contribution in [0, 0.1) is 25.6 Å². The van der Waals surface area contributed by atoms with Gasteiger partial charge in [-0.05, 0) is 105 Å². The highest BCUT2D eigenvalue weighted by atomic mass is 19.1. The van der Waals surface area contributed by atoms with Crippen LogP contribution in [-0.2, 0) is 24.8 Å². The van der Waals surface area contributed by atoms with Crippen molar-refractivity contribution in [2.24, 2.45) is 18.7 Å². The van der Waals surface area contributed by atoms with E-state index in [0.717, 1.165) is 92.7 Å². The number of benzene rings is 3. The van der Waals surface area contributed by atoms with E-state index >= 15 is 4.39 Å². The molecule has 0 unspecified atom stereocenters. The number of hydrogen-bond acceptors (Lipinski definition) is 10. The number of aryl methyl sites for hydroxylation is 4. The van der Waals surface area contributed by atoms with E-state index in [1.165, 1.54) is 19.1 Å². The summed E-state index contributed by atoms with van der Waals surface area (Å²) in [7, 11) is 1.77. The van der Waals surface area contributed by atoms with Gasteiger partial charge in [0, 0.05) is 118 Å². The molecular formula is C45H51FN12O4. The maximum absolute atomic E-state index is 16.1. The molecule has 322 valence electrons. The van der Waals surface area contributed by atoms with Gasteiger partial charge < -0.3 is 26.2 Å². The number of carbonyl (C=O) groups is 4. The maximum atomic E-state index is 16.1. The molecule has 0 saturated carbocycles. The van der Waals surface area contributed by atoms with Crippen molar-refractivity contribution in [3.63, 3.8) is 0 Å². The molecule has 0 aliphatic carbocycles. The van der Waals surface area contributed by atoms with Crippen LogP contribution in [0.4, 0.5) is 43.6 Å². The van der Waals surface area contributed by atoms with E-state index < -0.39 is 17.6 Å². The van der Waals surface area contributed by atoms with Crippen LogP contribution in [0.2, 0.25) is 0 Å². The Morgan fingerprint density at radius 3 is 2.23 bits per heavy atom. The molecule has 2 aromatic heterocycles. The number of hydrogen-bond donors (Lipinski definition) is 4. The molecule has 9 rings (SSSR count). The Kier molecular flexibility index (Phi) is 10.9. The van der Waals surface area contributed by atoms with Crippen LogP contribution in [0.3, 0.4) is 0 Å². The average molecular weight is 843 g/mol. The number of rotatable bonds is 9. The third-order valence-electron chi connectivity index (χ3n) is 12.8. The molecule has 0 atom stereocenters.